The van der Waals surface area contributed by atoms with Crippen LogP contribution in [0.2, 0.25) is 0 Å². The van der Waals surface area contributed by atoms with Crippen LogP contribution in [0, 0.1) is 0 Å². The van der Waals surface area contributed by atoms with Gasteiger partial charge in [0.15, 0.2) is 5.76 Å². The number of amides is 3. The Labute approximate surface area is 168 Å². The average Bonchev–Trinajstić information content (AvgIpc) is 3.29. The predicted octanol–water partition coefficient (Wildman–Crippen LogP) is 1.57. The van der Waals surface area contributed by atoms with Crippen LogP contribution in [0.25, 0.3) is 0 Å². The van der Waals surface area contributed by atoms with Crippen LogP contribution in [0.5, 0.6) is 0 Å². The molecule has 152 valence electrons. The lowest BCUT2D eigenvalue weighted by atomic mass is 10.0. The van der Waals surface area contributed by atoms with Gasteiger partial charge in [0.25, 0.3) is 11.8 Å². The molecule has 2 aliphatic heterocycles. The quantitative estimate of drug-likeness (QED) is 0.818. The zero-order valence-electron chi connectivity index (χ0n) is 16.1. The Morgan fingerprint density at radius 2 is 2.07 bits per heavy atom. The standard InChI is InChI=1S/C21H24N4O4/c26-19-13-22-8-10-25(19)17-6-2-9-24(14-17)21(28)15-4-1-5-16(12-15)23-20(27)18-7-3-11-29-18/h1,3-5,7,11-12,17,22H,2,6,8-10,13-14H2,(H,23,27). The Morgan fingerprint density at radius 3 is 2.86 bits per heavy atom. The zero-order valence-corrected chi connectivity index (χ0v) is 16.1. The summed E-state index contributed by atoms with van der Waals surface area (Å²) in [6, 6.07) is 10.2. The fourth-order valence-electron chi connectivity index (χ4n) is 3.91. The van der Waals surface area contributed by atoms with Crippen molar-refractivity contribution in [1.82, 2.24) is 15.1 Å². The third-order valence-electron chi connectivity index (χ3n) is 5.36. The highest BCUT2D eigenvalue weighted by Gasteiger charge is 2.32. The molecule has 8 nitrogen and oxygen atoms in total. The van der Waals surface area contributed by atoms with Gasteiger partial charge >= 0.3 is 0 Å². The molecule has 2 aliphatic rings. The van der Waals surface area contributed by atoms with E-state index in [1.807, 2.05) is 4.90 Å². The number of rotatable bonds is 4. The molecule has 3 amide bonds. The van der Waals surface area contributed by atoms with Crippen molar-refractivity contribution in [3.63, 3.8) is 0 Å². The molecule has 1 aromatic carbocycles. The number of piperidine rings is 1. The van der Waals surface area contributed by atoms with Crippen molar-refractivity contribution in [2.45, 2.75) is 18.9 Å². The summed E-state index contributed by atoms with van der Waals surface area (Å²) < 4.78 is 5.09. The molecule has 0 saturated carbocycles. The highest BCUT2D eigenvalue weighted by Crippen LogP contribution is 2.20. The van der Waals surface area contributed by atoms with Crippen LogP contribution in [0.15, 0.2) is 47.1 Å². The molecule has 1 aromatic heterocycles. The Morgan fingerprint density at radius 1 is 1.17 bits per heavy atom. The monoisotopic (exact) mass is 396 g/mol. The van der Waals surface area contributed by atoms with Crippen LogP contribution in [-0.2, 0) is 4.79 Å². The van der Waals surface area contributed by atoms with E-state index in [9.17, 15) is 14.4 Å². The van der Waals surface area contributed by atoms with E-state index in [0.717, 1.165) is 19.4 Å². The van der Waals surface area contributed by atoms with Crippen molar-refractivity contribution < 1.29 is 18.8 Å². The largest absolute Gasteiger partial charge is 0.459 e. The minimum Gasteiger partial charge on any atom is -0.459 e. The fraction of sp³-hybridized carbons (Fsp3) is 0.381. The first-order chi connectivity index (χ1) is 14.1. The maximum absolute atomic E-state index is 13.1. The van der Waals surface area contributed by atoms with Crippen molar-refractivity contribution in [3.05, 3.63) is 54.0 Å². The van der Waals surface area contributed by atoms with Crippen LogP contribution in [-0.4, -0.2) is 66.3 Å². The molecule has 1 unspecified atom stereocenters. The molecule has 2 aromatic rings. The second-order valence-corrected chi connectivity index (χ2v) is 7.32. The number of benzene rings is 1. The van der Waals surface area contributed by atoms with Crippen LogP contribution in [0.3, 0.4) is 0 Å². The van der Waals surface area contributed by atoms with E-state index in [1.54, 1.807) is 41.3 Å². The Hall–Kier alpha value is -3.13. The number of anilines is 1. The predicted molar refractivity (Wildman–Crippen MR) is 107 cm³/mol. The summed E-state index contributed by atoms with van der Waals surface area (Å²) in [5, 5.41) is 5.83. The summed E-state index contributed by atoms with van der Waals surface area (Å²) in [7, 11) is 0. The van der Waals surface area contributed by atoms with Crippen LogP contribution in [0.1, 0.15) is 33.8 Å². The zero-order chi connectivity index (χ0) is 20.2. The lowest BCUT2D eigenvalue weighted by Crippen LogP contribution is -2.57. The van der Waals surface area contributed by atoms with Gasteiger partial charge in [-0.2, -0.15) is 0 Å². The topological polar surface area (TPSA) is 94.9 Å². The number of nitrogens with zero attached hydrogens (tertiary/aromatic N) is 2. The number of piperazine rings is 1. The van der Waals surface area contributed by atoms with Gasteiger partial charge in [0.05, 0.1) is 12.8 Å². The highest BCUT2D eigenvalue weighted by molar-refractivity contribution is 6.03. The summed E-state index contributed by atoms with van der Waals surface area (Å²) in [5.74, 6) is -0.152. The highest BCUT2D eigenvalue weighted by atomic mass is 16.3. The molecule has 0 bridgehead atoms. The maximum Gasteiger partial charge on any atom is 0.291 e. The van der Waals surface area contributed by atoms with Gasteiger partial charge in [-0.25, -0.2) is 0 Å². The molecule has 4 rings (SSSR count). The number of carbonyl (C=O) groups excluding carboxylic acids is 3. The van der Waals surface area contributed by atoms with Gasteiger partial charge in [0.1, 0.15) is 0 Å². The maximum atomic E-state index is 13.1. The molecule has 1 atom stereocenters. The van der Waals surface area contributed by atoms with Gasteiger partial charge in [0, 0.05) is 43.5 Å². The molecule has 2 saturated heterocycles. The van der Waals surface area contributed by atoms with E-state index in [0.29, 0.717) is 37.4 Å². The van der Waals surface area contributed by atoms with Crippen LogP contribution >= 0.6 is 0 Å². The van der Waals surface area contributed by atoms with Gasteiger partial charge in [-0.1, -0.05) is 6.07 Å². The molecule has 8 heteroatoms. The number of hydrogen-bond donors (Lipinski definition) is 2. The number of carbonyl (C=O) groups is 3. The summed E-state index contributed by atoms with van der Waals surface area (Å²) in [4.78, 5) is 41.1. The lowest BCUT2D eigenvalue weighted by molar-refractivity contribution is -0.135. The van der Waals surface area contributed by atoms with Crippen molar-refractivity contribution in [2.24, 2.45) is 0 Å². The SMILES string of the molecule is O=C(Nc1cccc(C(=O)N2CCCC(N3CCNCC3=O)C2)c1)c1ccco1. The number of likely N-dealkylation sites (tertiary alicyclic amines) is 1. The Bertz CT molecular complexity index is 896. The summed E-state index contributed by atoms with van der Waals surface area (Å²) in [5.41, 5.74) is 1.04. The van der Waals surface area contributed by atoms with Crippen LogP contribution in [0.4, 0.5) is 5.69 Å². The van der Waals surface area contributed by atoms with E-state index in [4.69, 9.17) is 4.42 Å². The first kappa shape index (κ1) is 19.2. The number of furan rings is 1. The third-order valence-corrected chi connectivity index (χ3v) is 5.36. The second kappa shape index (κ2) is 8.48. The van der Waals surface area contributed by atoms with Crippen molar-refractivity contribution in [3.8, 4) is 0 Å². The molecule has 29 heavy (non-hydrogen) atoms. The number of hydrogen-bond acceptors (Lipinski definition) is 5. The molecule has 3 heterocycles. The van der Waals surface area contributed by atoms with E-state index in [-0.39, 0.29) is 29.5 Å². The van der Waals surface area contributed by atoms with E-state index in [1.165, 1.54) is 6.26 Å². The molecule has 0 spiro atoms. The van der Waals surface area contributed by atoms with E-state index < -0.39 is 0 Å². The van der Waals surface area contributed by atoms with Gasteiger partial charge in [-0.15, -0.1) is 0 Å². The smallest absolute Gasteiger partial charge is 0.291 e. The minimum absolute atomic E-state index is 0.0594. The molecule has 2 N–H and O–H groups in total. The van der Waals surface area contributed by atoms with Crippen LogP contribution < -0.4 is 10.6 Å². The van der Waals surface area contributed by atoms with Crippen molar-refractivity contribution >= 4 is 23.4 Å². The average molecular weight is 396 g/mol. The fourth-order valence-corrected chi connectivity index (χ4v) is 3.91. The lowest BCUT2D eigenvalue weighted by Gasteiger charge is -2.41. The van der Waals surface area contributed by atoms with Gasteiger partial charge in [-0.3, -0.25) is 14.4 Å². The van der Waals surface area contributed by atoms with E-state index >= 15 is 0 Å². The van der Waals surface area contributed by atoms with Gasteiger partial charge in [-0.05, 0) is 43.2 Å². The van der Waals surface area contributed by atoms with Gasteiger partial charge < -0.3 is 24.9 Å². The number of nitrogens with one attached hydrogen (secondary N) is 2. The molecular formula is C21H24N4O4. The van der Waals surface area contributed by atoms with E-state index in [2.05, 4.69) is 10.6 Å². The minimum atomic E-state index is -0.366. The molecule has 0 aliphatic carbocycles. The second-order valence-electron chi connectivity index (χ2n) is 7.32. The van der Waals surface area contributed by atoms with Crippen molar-refractivity contribution in [2.75, 3.05) is 38.0 Å². The first-order valence-corrected chi connectivity index (χ1v) is 9.86. The Balaban J connectivity index is 1.43. The molecular weight excluding hydrogens is 372 g/mol. The summed E-state index contributed by atoms with van der Waals surface area (Å²) in [6.07, 6.45) is 3.21. The molecule has 0 radical (unpaired) electrons. The summed E-state index contributed by atoms with van der Waals surface area (Å²) >= 11 is 0. The molecule has 2 fully saturated rings. The van der Waals surface area contributed by atoms with Gasteiger partial charge in [0.2, 0.25) is 5.91 Å². The summed E-state index contributed by atoms with van der Waals surface area (Å²) in [6.45, 7) is 3.03. The normalized spacial score (nSPS) is 19.9. The Kier molecular flexibility index (Phi) is 5.62. The third kappa shape index (κ3) is 4.32. The van der Waals surface area contributed by atoms with Crippen molar-refractivity contribution in [1.29, 1.82) is 0 Å². The first-order valence-electron chi connectivity index (χ1n) is 9.86.